The van der Waals surface area contributed by atoms with Gasteiger partial charge in [-0.1, -0.05) is 13.3 Å². The number of ether oxygens (including phenoxy) is 2. The van der Waals surface area contributed by atoms with Gasteiger partial charge in [0.2, 0.25) is 5.91 Å². The summed E-state index contributed by atoms with van der Waals surface area (Å²) in [6.07, 6.45) is 2.23. The molecule has 1 aliphatic rings. The first-order valence-corrected chi connectivity index (χ1v) is 9.48. The number of aliphatic hydroxyl groups is 1. The zero-order valence-electron chi connectivity index (χ0n) is 16.4. The number of rotatable bonds is 7. The van der Waals surface area contributed by atoms with E-state index in [4.69, 9.17) is 9.47 Å². The molecule has 3 atom stereocenters. The fourth-order valence-corrected chi connectivity index (χ4v) is 3.36. The average molecular weight is 390 g/mol. The summed E-state index contributed by atoms with van der Waals surface area (Å²) < 4.78 is 12.5. The lowest BCUT2D eigenvalue weighted by Gasteiger charge is -2.18. The Bertz CT molecular complexity index is 852. The first-order valence-electron chi connectivity index (χ1n) is 9.48. The molecule has 1 N–H and O–H groups in total. The topological polar surface area (TPSA) is 106 Å². The van der Waals surface area contributed by atoms with Gasteiger partial charge in [-0.05, 0) is 18.6 Å². The van der Waals surface area contributed by atoms with Crippen LogP contribution in [0.15, 0.2) is 18.5 Å². The first kappa shape index (κ1) is 20.2. The lowest BCUT2D eigenvalue weighted by atomic mass is 10.1. The molecule has 2 aromatic heterocycles. The molecule has 1 fully saturated rings. The third-order valence-electron chi connectivity index (χ3n) is 4.85. The molecule has 9 nitrogen and oxygen atoms in total. The van der Waals surface area contributed by atoms with Crippen molar-refractivity contribution < 1.29 is 24.2 Å². The number of fused-ring (bicyclic) bond motifs is 1. The molecular weight excluding hydrogens is 364 g/mol. The third-order valence-corrected chi connectivity index (χ3v) is 4.85. The van der Waals surface area contributed by atoms with Gasteiger partial charge in [-0.25, -0.2) is 9.50 Å². The van der Waals surface area contributed by atoms with Crippen molar-refractivity contribution in [1.82, 2.24) is 14.6 Å². The van der Waals surface area contributed by atoms with E-state index in [1.807, 2.05) is 13.0 Å². The van der Waals surface area contributed by atoms with E-state index in [0.29, 0.717) is 29.9 Å². The van der Waals surface area contributed by atoms with E-state index in [1.165, 1.54) is 18.2 Å². The third kappa shape index (κ3) is 4.15. The summed E-state index contributed by atoms with van der Waals surface area (Å²) in [6.45, 7) is 3.47. The Hall–Kier alpha value is -2.52. The number of nitrogens with zero attached hydrogens (tertiary/aromatic N) is 4. The zero-order valence-corrected chi connectivity index (χ0v) is 16.4. The van der Waals surface area contributed by atoms with E-state index in [0.717, 1.165) is 12.8 Å². The van der Waals surface area contributed by atoms with E-state index in [9.17, 15) is 14.7 Å². The zero-order chi connectivity index (χ0) is 20.3. The Morgan fingerprint density at radius 3 is 2.93 bits per heavy atom. The van der Waals surface area contributed by atoms with Gasteiger partial charge in [0, 0.05) is 26.8 Å². The van der Waals surface area contributed by atoms with E-state index < -0.39 is 12.2 Å². The molecule has 1 aliphatic heterocycles. The number of carbonyl (C=O) groups excluding carboxylic acids is 2. The molecular formula is C19H26N4O5. The molecule has 2 unspecified atom stereocenters. The Kier molecular flexibility index (Phi) is 6.25. The Labute approximate surface area is 163 Å². The highest BCUT2D eigenvalue weighted by Gasteiger charge is 2.37. The van der Waals surface area contributed by atoms with Crippen LogP contribution in [0.25, 0.3) is 5.52 Å². The maximum absolute atomic E-state index is 12.4. The van der Waals surface area contributed by atoms with Crippen LogP contribution in [0.5, 0.6) is 0 Å². The Morgan fingerprint density at radius 1 is 1.43 bits per heavy atom. The fraction of sp³-hybridized carbons (Fsp3) is 0.579. The van der Waals surface area contributed by atoms with Crippen molar-refractivity contribution in [2.24, 2.45) is 0 Å². The highest BCUT2D eigenvalue weighted by Crippen LogP contribution is 2.35. The lowest BCUT2D eigenvalue weighted by molar-refractivity contribution is -0.145. The molecule has 9 heteroatoms. The van der Waals surface area contributed by atoms with Crippen LogP contribution in [-0.4, -0.2) is 57.4 Å². The first-order chi connectivity index (χ1) is 13.4. The SMILES string of the molecule is CCCCC(=O)N(C)c1ncnn2c(C3OC(COC(C)=O)C[C@H]3O)ccc12. The van der Waals surface area contributed by atoms with Gasteiger partial charge in [0.25, 0.3) is 0 Å². The van der Waals surface area contributed by atoms with Crippen LogP contribution < -0.4 is 4.90 Å². The number of aromatic nitrogens is 3. The molecule has 1 saturated heterocycles. The number of aliphatic hydroxyl groups excluding tert-OH is 1. The second kappa shape index (κ2) is 8.66. The minimum atomic E-state index is -0.749. The summed E-state index contributed by atoms with van der Waals surface area (Å²) in [5, 5.41) is 14.7. The summed E-state index contributed by atoms with van der Waals surface area (Å²) >= 11 is 0. The Balaban J connectivity index is 1.83. The maximum Gasteiger partial charge on any atom is 0.302 e. The van der Waals surface area contributed by atoms with Gasteiger partial charge in [0.15, 0.2) is 5.82 Å². The van der Waals surface area contributed by atoms with Crippen molar-refractivity contribution in [2.45, 2.75) is 57.8 Å². The molecule has 28 heavy (non-hydrogen) atoms. The summed E-state index contributed by atoms with van der Waals surface area (Å²) in [4.78, 5) is 29.2. The van der Waals surface area contributed by atoms with E-state index >= 15 is 0 Å². The Morgan fingerprint density at radius 2 is 2.21 bits per heavy atom. The number of hydrogen-bond donors (Lipinski definition) is 1. The quantitative estimate of drug-likeness (QED) is 0.716. The number of unbranched alkanes of at least 4 members (excludes halogenated alkanes) is 1. The number of amides is 1. The van der Waals surface area contributed by atoms with Crippen LogP contribution in [-0.2, 0) is 19.1 Å². The van der Waals surface area contributed by atoms with Gasteiger partial charge < -0.3 is 14.6 Å². The van der Waals surface area contributed by atoms with Crippen LogP contribution in [0.1, 0.15) is 51.3 Å². The summed E-state index contributed by atoms with van der Waals surface area (Å²) in [7, 11) is 1.70. The molecule has 0 radical (unpaired) electrons. The van der Waals surface area contributed by atoms with Crippen LogP contribution in [0.4, 0.5) is 5.82 Å². The summed E-state index contributed by atoms with van der Waals surface area (Å²) in [5.74, 6) is 0.109. The van der Waals surface area contributed by atoms with Crippen molar-refractivity contribution >= 4 is 23.2 Å². The van der Waals surface area contributed by atoms with Crippen molar-refractivity contribution in [3.63, 3.8) is 0 Å². The average Bonchev–Trinajstić information content (AvgIpc) is 3.26. The molecule has 1 amide bonds. The fourth-order valence-electron chi connectivity index (χ4n) is 3.36. The lowest BCUT2D eigenvalue weighted by Crippen LogP contribution is -2.27. The normalized spacial score (nSPS) is 21.8. The van der Waals surface area contributed by atoms with Gasteiger partial charge in [0.05, 0.1) is 17.9 Å². The minimum absolute atomic E-state index is 0.0104. The number of anilines is 1. The highest BCUT2D eigenvalue weighted by atomic mass is 16.6. The smallest absolute Gasteiger partial charge is 0.302 e. The highest BCUT2D eigenvalue weighted by molar-refractivity contribution is 5.95. The van der Waals surface area contributed by atoms with E-state index in [1.54, 1.807) is 17.6 Å². The van der Waals surface area contributed by atoms with Crippen LogP contribution >= 0.6 is 0 Å². The predicted molar refractivity (Wildman–Crippen MR) is 101 cm³/mol. The maximum atomic E-state index is 12.4. The molecule has 0 spiro atoms. The largest absolute Gasteiger partial charge is 0.463 e. The monoisotopic (exact) mass is 390 g/mol. The van der Waals surface area contributed by atoms with Crippen molar-refractivity contribution in [3.8, 4) is 0 Å². The predicted octanol–water partition coefficient (Wildman–Crippen LogP) is 1.64. The number of carbonyl (C=O) groups is 2. The molecule has 0 bridgehead atoms. The molecule has 0 aliphatic carbocycles. The molecule has 3 rings (SSSR count). The molecule has 3 heterocycles. The summed E-state index contributed by atoms with van der Waals surface area (Å²) in [5.41, 5.74) is 1.31. The van der Waals surface area contributed by atoms with Crippen molar-refractivity contribution in [3.05, 3.63) is 24.2 Å². The molecule has 2 aromatic rings. The van der Waals surface area contributed by atoms with Crippen molar-refractivity contribution in [2.75, 3.05) is 18.6 Å². The van der Waals surface area contributed by atoms with Gasteiger partial charge in [0.1, 0.15) is 24.6 Å². The number of hydrogen-bond acceptors (Lipinski definition) is 7. The van der Waals surface area contributed by atoms with Gasteiger partial charge >= 0.3 is 5.97 Å². The van der Waals surface area contributed by atoms with Gasteiger partial charge in [-0.2, -0.15) is 5.10 Å². The van der Waals surface area contributed by atoms with Gasteiger partial charge in [-0.3, -0.25) is 14.5 Å². The molecule has 0 saturated carbocycles. The second-order valence-electron chi connectivity index (χ2n) is 6.98. The van der Waals surface area contributed by atoms with Crippen LogP contribution in [0, 0.1) is 0 Å². The van der Waals surface area contributed by atoms with Crippen molar-refractivity contribution in [1.29, 1.82) is 0 Å². The van der Waals surface area contributed by atoms with E-state index in [-0.39, 0.29) is 24.6 Å². The van der Waals surface area contributed by atoms with Crippen LogP contribution in [0.2, 0.25) is 0 Å². The molecule has 0 aromatic carbocycles. The van der Waals surface area contributed by atoms with E-state index in [2.05, 4.69) is 10.1 Å². The minimum Gasteiger partial charge on any atom is -0.463 e. The standard InChI is InChI=1S/C19H26N4O5/c1-4-5-6-17(26)22(3)19-15-8-7-14(23(15)21-11-20-19)18-16(25)9-13(28-18)10-27-12(2)24/h7-8,11,13,16,18,25H,4-6,9-10H2,1-3H3/t13?,16-,18?/m1/s1. The molecule has 152 valence electrons. The second-order valence-corrected chi connectivity index (χ2v) is 6.98. The summed E-state index contributed by atoms with van der Waals surface area (Å²) in [6, 6.07) is 3.61. The number of esters is 1. The van der Waals surface area contributed by atoms with Crippen LogP contribution in [0.3, 0.4) is 0 Å². The van der Waals surface area contributed by atoms with Gasteiger partial charge in [-0.15, -0.1) is 0 Å².